The van der Waals surface area contributed by atoms with Crippen molar-refractivity contribution in [2.24, 2.45) is 0 Å². The first kappa shape index (κ1) is 20.3. The van der Waals surface area contributed by atoms with Crippen molar-refractivity contribution in [2.75, 3.05) is 26.2 Å². The average molecular weight is 447 g/mol. The number of thiophene rings is 1. The Bertz CT molecular complexity index is 1180. The summed E-state index contributed by atoms with van der Waals surface area (Å²) >= 11 is 7.77. The number of carbonyl (C=O) groups is 1. The molecule has 1 saturated heterocycles. The van der Waals surface area contributed by atoms with Crippen molar-refractivity contribution < 1.29 is 4.79 Å². The zero-order chi connectivity index (χ0) is 21.2. The second-order valence-electron chi connectivity index (χ2n) is 7.84. The van der Waals surface area contributed by atoms with E-state index in [0.29, 0.717) is 0 Å². The van der Waals surface area contributed by atoms with Crippen molar-refractivity contribution in [1.82, 2.24) is 9.80 Å². The van der Waals surface area contributed by atoms with E-state index in [-0.39, 0.29) is 11.9 Å². The van der Waals surface area contributed by atoms with E-state index in [4.69, 9.17) is 11.6 Å². The topological polar surface area (TPSA) is 23.6 Å². The lowest BCUT2D eigenvalue weighted by Crippen LogP contribution is -2.49. The van der Waals surface area contributed by atoms with E-state index in [1.54, 1.807) is 11.3 Å². The van der Waals surface area contributed by atoms with Gasteiger partial charge in [0.2, 0.25) is 0 Å². The first-order chi connectivity index (χ1) is 15.2. The molecule has 31 heavy (non-hydrogen) atoms. The molecule has 4 aromatic rings. The molecule has 2 heterocycles. The maximum Gasteiger partial charge on any atom is 0.255 e. The van der Waals surface area contributed by atoms with Crippen LogP contribution >= 0.6 is 22.9 Å². The lowest BCUT2D eigenvalue weighted by atomic mass is 9.96. The summed E-state index contributed by atoms with van der Waals surface area (Å²) in [5, 5.41) is 3.80. The molecular formula is C26H23ClN2OS. The van der Waals surface area contributed by atoms with Crippen molar-refractivity contribution in [3.05, 3.63) is 106 Å². The summed E-state index contributed by atoms with van der Waals surface area (Å²) in [7, 11) is 0. The fourth-order valence-electron chi connectivity index (χ4n) is 4.39. The molecule has 1 atom stereocenters. The number of halogens is 1. The minimum Gasteiger partial charge on any atom is -0.336 e. The third kappa shape index (κ3) is 4.11. The number of rotatable bonds is 4. The van der Waals surface area contributed by atoms with Crippen LogP contribution in [0.2, 0.25) is 5.02 Å². The number of fused-ring (bicyclic) bond motifs is 1. The van der Waals surface area contributed by atoms with Gasteiger partial charge in [-0.2, -0.15) is 0 Å². The van der Waals surface area contributed by atoms with E-state index in [2.05, 4.69) is 47.4 Å². The van der Waals surface area contributed by atoms with Crippen LogP contribution in [0.1, 0.15) is 27.5 Å². The predicted molar refractivity (Wildman–Crippen MR) is 129 cm³/mol. The van der Waals surface area contributed by atoms with Crippen LogP contribution < -0.4 is 0 Å². The smallest absolute Gasteiger partial charge is 0.255 e. The maximum absolute atomic E-state index is 13.2. The molecule has 1 unspecified atom stereocenters. The van der Waals surface area contributed by atoms with Gasteiger partial charge in [-0.05, 0) is 29.3 Å². The summed E-state index contributed by atoms with van der Waals surface area (Å²) in [5.74, 6) is 0.139. The molecule has 1 amide bonds. The van der Waals surface area contributed by atoms with E-state index in [1.807, 2.05) is 46.7 Å². The number of nitrogens with zero attached hydrogens (tertiary/aromatic N) is 2. The Hall–Kier alpha value is -2.66. The fraction of sp³-hybridized carbons (Fsp3) is 0.192. The Kier molecular flexibility index (Phi) is 5.77. The largest absolute Gasteiger partial charge is 0.336 e. The number of benzene rings is 3. The first-order valence-electron chi connectivity index (χ1n) is 10.5. The molecule has 1 aliphatic heterocycles. The van der Waals surface area contributed by atoms with Crippen LogP contribution in [0.4, 0.5) is 0 Å². The molecule has 5 rings (SSSR count). The molecule has 1 fully saturated rings. The van der Waals surface area contributed by atoms with E-state index in [0.717, 1.165) is 46.9 Å². The lowest BCUT2D eigenvalue weighted by Gasteiger charge is -2.39. The van der Waals surface area contributed by atoms with Gasteiger partial charge in [0.25, 0.3) is 5.91 Å². The third-order valence-corrected chi connectivity index (χ3v) is 7.19. The highest BCUT2D eigenvalue weighted by Gasteiger charge is 2.29. The molecular weight excluding hydrogens is 424 g/mol. The van der Waals surface area contributed by atoms with Gasteiger partial charge in [-0.1, -0.05) is 72.3 Å². The molecule has 5 heteroatoms. The van der Waals surface area contributed by atoms with E-state index < -0.39 is 0 Å². The summed E-state index contributed by atoms with van der Waals surface area (Å²) in [4.78, 5) is 17.7. The number of amides is 1. The van der Waals surface area contributed by atoms with Gasteiger partial charge in [-0.25, -0.2) is 0 Å². The van der Waals surface area contributed by atoms with Crippen molar-refractivity contribution >= 4 is 38.9 Å². The van der Waals surface area contributed by atoms with Crippen LogP contribution in [-0.4, -0.2) is 41.9 Å². The fourth-order valence-corrected chi connectivity index (χ4v) is 5.45. The van der Waals surface area contributed by atoms with E-state index in [9.17, 15) is 4.79 Å². The number of hydrogen-bond acceptors (Lipinski definition) is 3. The normalized spacial score (nSPS) is 15.8. The molecule has 1 aliphatic rings. The monoisotopic (exact) mass is 446 g/mol. The van der Waals surface area contributed by atoms with E-state index in [1.165, 1.54) is 11.1 Å². The van der Waals surface area contributed by atoms with Crippen LogP contribution in [0.15, 0.2) is 84.2 Å². The minimum atomic E-state index is 0.139. The highest BCUT2D eigenvalue weighted by molar-refractivity contribution is 7.17. The zero-order valence-electron chi connectivity index (χ0n) is 17.1. The Morgan fingerprint density at radius 2 is 1.45 bits per heavy atom. The summed E-state index contributed by atoms with van der Waals surface area (Å²) in [5.41, 5.74) is 3.30. The van der Waals surface area contributed by atoms with Gasteiger partial charge >= 0.3 is 0 Å². The van der Waals surface area contributed by atoms with Crippen molar-refractivity contribution in [1.29, 1.82) is 0 Å². The molecule has 156 valence electrons. The Morgan fingerprint density at radius 3 is 2.19 bits per heavy atom. The van der Waals surface area contributed by atoms with Gasteiger partial charge in [0, 0.05) is 46.7 Å². The first-order valence-corrected chi connectivity index (χ1v) is 11.8. The maximum atomic E-state index is 13.2. The third-order valence-electron chi connectivity index (χ3n) is 5.98. The highest BCUT2D eigenvalue weighted by atomic mass is 35.5. The summed E-state index contributed by atoms with van der Waals surface area (Å²) < 4.78 is 1.16. The van der Waals surface area contributed by atoms with Gasteiger partial charge in [0.15, 0.2) is 0 Å². The van der Waals surface area contributed by atoms with Gasteiger partial charge in [0.1, 0.15) is 0 Å². The molecule has 0 saturated carbocycles. The summed E-state index contributed by atoms with van der Waals surface area (Å²) in [6.45, 7) is 3.10. The van der Waals surface area contributed by atoms with Gasteiger partial charge in [-0.3, -0.25) is 9.69 Å². The summed E-state index contributed by atoms with van der Waals surface area (Å²) in [6, 6.07) is 27.0. The Morgan fingerprint density at radius 1 is 0.806 bits per heavy atom. The van der Waals surface area contributed by atoms with Gasteiger partial charge in [0.05, 0.1) is 11.6 Å². The molecule has 0 radical (unpaired) electrons. The zero-order valence-corrected chi connectivity index (χ0v) is 18.6. The quantitative estimate of drug-likeness (QED) is 0.378. The van der Waals surface area contributed by atoms with E-state index >= 15 is 0 Å². The second-order valence-corrected chi connectivity index (χ2v) is 9.19. The SMILES string of the molecule is O=C(c1csc2ccccc12)N1CCN(C(c2ccccc2)c2ccc(Cl)cc2)CC1. The summed E-state index contributed by atoms with van der Waals surface area (Å²) in [6.07, 6.45) is 0. The molecule has 3 nitrogen and oxygen atoms in total. The Labute approximate surface area is 191 Å². The molecule has 0 aliphatic carbocycles. The van der Waals surface area contributed by atoms with Crippen molar-refractivity contribution in [2.45, 2.75) is 6.04 Å². The van der Waals surface area contributed by atoms with Gasteiger partial charge < -0.3 is 4.90 Å². The Balaban J connectivity index is 1.36. The van der Waals surface area contributed by atoms with Crippen LogP contribution in [0.5, 0.6) is 0 Å². The number of piperazine rings is 1. The number of carbonyl (C=O) groups excluding carboxylic acids is 1. The van der Waals surface area contributed by atoms with Crippen molar-refractivity contribution in [3.8, 4) is 0 Å². The lowest BCUT2D eigenvalue weighted by molar-refractivity contribution is 0.0599. The van der Waals surface area contributed by atoms with Crippen LogP contribution in [-0.2, 0) is 0 Å². The minimum absolute atomic E-state index is 0.139. The van der Waals surface area contributed by atoms with Gasteiger partial charge in [-0.15, -0.1) is 11.3 Å². The molecule has 0 bridgehead atoms. The predicted octanol–water partition coefficient (Wildman–Crippen LogP) is 6.10. The number of hydrogen-bond donors (Lipinski definition) is 0. The standard InChI is InChI=1S/C26H23ClN2OS/c27-21-12-10-20(11-13-21)25(19-6-2-1-3-7-19)28-14-16-29(17-15-28)26(30)23-18-31-24-9-5-4-8-22(23)24/h1-13,18,25H,14-17H2. The molecule has 3 aromatic carbocycles. The molecule has 0 spiro atoms. The molecule has 1 aromatic heterocycles. The van der Waals surface area contributed by atoms with Crippen LogP contribution in [0, 0.1) is 0 Å². The van der Waals surface area contributed by atoms with Crippen molar-refractivity contribution in [3.63, 3.8) is 0 Å². The van der Waals surface area contributed by atoms with Crippen LogP contribution in [0.3, 0.4) is 0 Å². The highest BCUT2D eigenvalue weighted by Crippen LogP contribution is 2.31. The molecule has 0 N–H and O–H groups in total. The second kappa shape index (κ2) is 8.83. The van der Waals surface area contributed by atoms with Crippen LogP contribution in [0.25, 0.3) is 10.1 Å². The average Bonchev–Trinajstić information content (AvgIpc) is 3.25.